The van der Waals surface area contributed by atoms with E-state index in [4.69, 9.17) is 0 Å². The van der Waals surface area contributed by atoms with Gasteiger partial charge in [-0.1, -0.05) is 11.4 Å². The van der Waals surface area contributed by atoms with Crippen LogP contribution in [-0.4, -0.2) is 119 Å². The number of aliphatic carboxylic acids is 2. The molecule has 2 aromatic heterocycles. The molecule has 3 rings (SSSR count). The van der Waals surface area contributed by atoms with Crippen molar-refractivity contribution >= 4 is 59.0 Å². The second-order valence-corrected chi connectivity index (χ2v) is 9.26. The molecular formula is C24H33N14Na3O4. The van der Waals surface area contributed by atoms with E-state index in [1.807, 2.05) is 38.0 Å². The van der Waals surface area contributed by atoms with Crippen LogP contribution in [0.4, 0.5) is 47.1 Å². The summed E-state index contributed by atoms with van der Waals surface area (Å²) >= 11 is 0. The maximum atomic E-state index is 10.9. The first kappa shape index (κ1) is 42.9. The molecule has 0 unspecified atom stereocenters. The van der Waals surface area contributed by atoms with Crippen LogP contribution in [0.3, 0.4) is 0 Å². The summed E-state index contributed by atoms with van der Waals surface area (Å²) in [5.41, 5.74) is 1.09. The number of anilines is 8. The molecule has 18 nitrogen and oxygen atoms in total. The Balaban J connectivity index is 0.00000645. The number of rotatable bonds is 18. The summed E-state index contributed by atoms with van der Waals surface area (Å²) in [7, 11) is 7.72. The van der Waals surface area contributed by atoms with Crippen LogP contribution in [-0.2, 0) is 9.59 Å². The van der Waals surface area contributed by atoms with Crippen LogP contribution < -0.4 is 131 Å². The maximum Gasteiger partial charge on any atom is 1.00 e. The molecule has 0 fully saturated rings. The summed E-state index contributed by atoms with van der Waals surface area (Å²) in [4.78, 5) is 51.2. The Bertz CT molecular complexity index is 1240. The molecule has 3 aromatic rings. The normalized spacial score (nSPS) is 10.1. The van der Waals surface area contributed by atoms with Gasteiger partial charge in [-0.25, -0.2) is 0 Å². The third-order valence-electron chi connectivity index (χ3n) is 5.05. The van der Waals surface area contributed by atoms with Crippen molar-refractivity contribution in [2.75, 3.05) is 99.4 Å². The van der Waals surface area contributed by atoms with E-state index in [2.05, 4.69) is 67.9 Å². The number of hydrogen-bond acceptors (Lipinski definition) is 18. The molecule has 0 aliphatic heterocycles. The third-order valence-corrected chi connectivity index (χ3v) is 5.05. The predicted octanol–water partition coefficient (Wildman–Crippen LogP) is -11.4. The average Bonchev–Trinajstić information content (AvgIpc) is 2.91. The first-order valence-electron chi connectivity index (χ1n) is 12.8. The van der Waals surface area contributed by atoms with Crippen molar-refractivity contribution < 1.29 is 108 Å². The van der Waals surface area contributed by atoms with E-state index in [9.17, 15) is 19.8 Å². The van der Waals surface area contributed by atoms with E-state index in [1.165, 1.54) is 0 Å². The van der Waals surface area contributed by atoms with Crippen LogP contribution >= 0.6 is 0 Å². The number of benzene rings is 1. The summed E-state index contributed by atoms with van der Waals surface area (Å²) in [5.74, 6) is -1.67. The van der Waals surface area contributed by atoms with Gasteiger partial charge in [-0.2, -0.15) is 42.0 Å². The molecule has 226 valence electrons. The number of carboxylic acids is 2. The van der Waals surface area contributed by atoms with Crippen LogP contribution in [0, 0.1) is 6.07 Å². The van der Waals surface area contributed by atoms with E-state index < -0.39 is 25.0 Å². The fraction of sp³-hybridized carbons (Fsp3) is 0.417. The molecule has 0 saturated carbocycles. The van der Waals surface area contributed by atoms with Gasteiger partial charge in [0.05, 0.1) is 25.0 Å². The minimum atomic E-state index is -1.31. The number of nitrogens with zero attached hydrogens (tertiary/aromatic N) is 8. The number of nitrogens with one attached hydrogen (secondary N) is 6. The summed E-state index contributed by atoms with van der Waals surface area (Å²) in [6.07, 6.45) is 0. The number of carbonyl (C=O) groups excluding carboxylic acids is 2. The van der Waals surface area contributed by atoms with Crippen molar-refractivity contribution in [3.63, 3.8) is 0 Å². The zero-order valence-electron chi connectivity index (χ0n) is 26.7. The van der Waals surface area contributed by atoms with E-state index in [0.29, 0.717) is 24.5 Å². The molecule has 0 saturated heterocycles. The van der Waals surface area contributed by atoms with Gasteiger partial charge in [-0.15, -0.1) is 12.1 Å². The van der Waals surface area contributed by atoms with Gasteiger partial charge in [0.25, 0.3) is 0 Å². The second kappa shape index (κ2) is 22.4. The number of carbonyl (C=O) groups is 2. The van der Waals surface area contributed by atoms with Crippen molar-refractivity contribution in [2.45, 2.75) is 0 Å². The van der Waals surface area contributed by atoms with Crippen molar-refractivity contribution in [2.24, 2.45) is 0 Å². The van der Waals surface area contributed by atoms with Gasteiger partial charge in [0.15, 0.2) is 0 Å². The fourth-order valence-corrected chi connectivity index (χ4v) is 3.09. The fourth-order valence-electron chi connectivity index (χ4n) is 3.09. The standard InChI is InChI=1S/C24H35N14O4.3Na/c1-37(2)11-9-25-19-31-21(27-13-17(39)40)35-23(33-19)29-15-5-7-16(8-6-15)30-24-34-20(26-10-12-38(3)4)32-22(36-24)28-14-18(41)42;;;/h5-7H,9-14H2,1-4H3,(H,39,40)(H,41,42)(H3,25,27,29,31,33,35)(H3,26,28,30,32,34,36);;;/q-1;3*+1/p-2. The van der Waals surface area contributed by atoms with Crippen molar-refractivity contribution in [3.05, 3.63) is 24.3 Å². The van der Waals surface area contributed by atoms with E-state index in [-0.39, 0.29) is 124 Å². The summed E-state index contributed by atoms with van der Waals surface area (Å²) in [6, 6.07) is 8.11. The molecule has 0 amide bonds. The molecule has 0 aliphatic carbocycles. The Morgan fingerprint density at radius 1 is 0.644 bits per heavy atom. The first-order valence-corrected chi connectivity index (χ1v) is 12.8. The minimum absolute atomic E-state index is 0. The quantitative estimate of drug-likeness (QED) is 0.0554. The second-order valence-electron chi connectivity index (χ2n) is 9.26. The molecule has 6 N–H and O–H groups in total. The van der Waals surface area contributed by atoms with Gasteiger partial charge in [-0.05, 0) is 28.2 Å². The molecule has 0 aliphatic rings. The first-order chi connectivity index (χ1) is 20.0. The molecule has 21 heteroatoms. The molecule has 0 spiro atoms. The van der Waals surface area contributed by atoms with Gasteiger partial charge in [-0.3, -0.25) is 0 Å². The van der Waals surface area contributed by atoms with Crippen LogP contribution in [0.1, 0.15) is 0 Å². The monoisotopic (exact) mass is 650 g/mol. The molecule has 0 atom stereocenters. The third kappa shape index (κ3) is 17.4. The Morgan fingerprint density at radius 2 is 1.04 bits per heavy atom. The van der Waals surface area contributed by atoms with Gasteiger partial charge in [0.1, 0.15) is 0 Å². The van der Waals surface area contributed by atoms with Gasteiger partial charge in [0.2, 0.25) is 35.7 Å². The Hall–Kier alpha value is -2.10. The predicted molar refractivity (Wildman–Crippen MR) is 153 cm³/mol. The van der Waals surface area contributed by atoms with Gasteiger partial charge in [0, 0.05) is 26.2 Å². The van der Waals surface area contributed by atoms with Gasteiger partial charge < -0.3 is 61.5 Å². The van der Waals surface area contributed by atoms with E-state index >= 15 is 0 Å². The molecule has 2 heterocycles. The summed E-state index contributed by atoms with van der Waals surface area (Å²) < 4.78 is 0. The Kier molecular flexibility index (Phi) is 21.4. The molecule has 1 aromatic carbocycles. The number of carboxylic acid groups (broad SMARTS) is 2. The van der Waals surface area contributed by atoms with E-state index in [0.717, 1.165) is 13.1 Å². The smallest absolute Gasteiger partial charge is 0.548 e. The summed E-state index contributed by atoms with van der Waals surface area (Å²) in [6.45, 7) is 1.62. The topological polar surface area (TPSA) is 236 Å². The maximum absolute atomic E-state index is 10.9. The molecular weight excluding hydrogens is 617 g/mol. The minimum Gasteiger partial charge on any atom is -0.548 e. The van der Waals surface area contributed by atoms with Crippen molar-refractivity contribution in [3.8, 4) is 0 Å². The van der Waals surface area contributed by atoms with Crippen LogP contribution in [0.25, 0.3) is 0 Å². The summed E-state index contributed by atoms with van der Waals surface area (Å²) in [5, 5.41) is 39.1. The molecule has 0 bridgehead atoms. The number of hydrogen-bond donors (Lipinski definition) is 6. The van der Waals surface area contributed by atoms with Crippen LogP contribution in [0.2, 0.25) is 0 Å². The molecule has 45 heavy (non-hydrogen) atoms. The van der Waals surface area contributed by atoms with Gasteiger partial charge >= 0.3 is 88.7 Å². The SMILES string of the molecule is CN(C)CCNc1nc(NCC(=O)[O-])nc(Nc2[c-]cc(Nc3nc(NCCN(C)C)nc(NCC(=O)[O-])n3)cc2)n1.[Na+].[Na+].[Na+]. The van der Waals surface area contributed by atoms with Crippen LogP contribution in [0.5, 0.6) is 0 Å². The largest absolute Gasteiger partial charge is 1.00 e. The number of likely N-dealkylation sites (N-methyl/N-ethyl adjacent to an activating group) is 2. The number of aromatic nitrogens is 6. The zero-order chi connectivity index (χ0) is 30.5. The zero-order valence-corrected chi connectivity index (χ0v) is 32.7. The van der Waals surface area contributed by atoms with Crippen molar-refractivity contribution in [1.82, 2.24) is 39.7 Å². The average molecular weight is 651 g/mol. The van der Waals surface area contributed by atoms with E-state index in [1.54, 1.807) is 18.2 Å². The van der Waals surface area contributed by atoms with Crippen LogP contribution in [0.15, 0.2) is 18.2 Å². The Morgan fingerprint density at radius 3 is 1.42 bits per heavy atom. The molecule has 0 radical (unpaired) electrons. The Labute approximate surface area is 327 Å². The van der Waals surface area contributed by atoms with Crippen molar-refractivity contribution in [1.29, 1.82) is 0 Å².